The Kier molecular flexibility index (Phi) is 4.97. The van der Waals surface area contributed by atoms with Crippen LogP contribution in [0.5, 0.6) is 0 Å². The first-order chi connectivity index (χ1) is 12.4. The monoisotopic (exact) mass is 360 g/mol. The second-order valence-electron chi connectivity index (χ2n) is 7.56. The van der Waals surface area contributed by atoms with Crippen molar-refractivity contribution in [1.82, 2.24) is 0 Å². The van der Waals surface area contributed by atoms with Crippen LogP contribution in [0.4, 0.5) is 10.5 Å². The fraction of sp³-hybridized carbons (Fsp3) is 0.600. The van der Waals surface area contributed by atoms with Gasteiger partial charge in [0.2, 0.25) is 0 Å². The first kappa shape index (κ1) is 18.7. The largest absolute Gasteiger partial charge is 0.468 e. The van der Waals surface area contributed by atoms with Crippen molar-refractivity contribution in [3.8, 4) is 0 Å². The molecule has 3 rings (SSSR count). The predicted octanol–water partition coefficient (Wildman–Crippen LogP) is 3.23. The molecule has 1 fully saturated rings. The Morgan fingerprint density at radius 3 is 2.38 bits per heavy atom. The summed E-state index contributed by atoms with van der Waals surface area (Å²) >= 11 is 0. The van der Waals surface area contributed by atoms with Crippen LogP contribution in [0.15, 0.2) is 24.3 Å². The minimum Gasteiger partial charge on any atom is -0.468 e. The zero-order valence-corrected chi connectivity index (χ0v) is 15.8. The normalized spacial score (nSPS) is 29.0. The van der Waals surface area contributed by atoms with Crippen LogP contribution in [0.25, 0.3) is 0 Å². The Bertz CT molecular complexity index is 697. The van der Waals surface area contributed by atoms with E-state index >= 15 is 0 Å². The maximum atomic E-state index is 13.2. The Morgan fingerprint density at radius 1 is 1.12 bits per heavy atom. The van der Waals surface area contributed by atoms with Gasteiger partial charge in [0.05, 0.1) is 19.9 Å². The number of amides is 1. The molecule has 0 aromatic heterocycles. The number of hydrogen-bond acceptors (Lipinski definition) is 5. The minimum atomic E-state index is -1.26. The Labute approximate surface area is 154 Å². The van der Waals surface area contributed by atoms with Crippen LogP contribution in [-0.4, -0.2) is 31.9 Å². The molecule has 6 heteroatoms. The maximum Gasteiger partial charge on any atom is 0.415 e. The number of para-hydroxylation sites is 1. The van der Waals surface area contributed by atoms with Gasteiger partial charge >= 0.3 is 12.1 Å². The number of benzene rings is 1. The molecular formula is C20H28N2O4. The summed E-state index contributed by atoms with van der Waals surface area (Å²) in [6.45, 7) is 1.76. The van der Waals surface area contributed by atoms with E-state index in [0.717, 1.165) is 37.7 Å². The van der Waals surface area contributed by atoms with E-state index in [1.807, 2.05) is 24.3 Å². The summed E-state index contributed by atoms with van der Waals surface area (Å²) in [7, 11) is 2.72. The molecule has 1 aliphatic carbocycles. The smallest absolute Gasteiger partial charge is 0.415 e. The summed E-state index contributed by atoms with van der Waals surface area (Å²) in [6, 6.07) is 7.56. The summed E-state index contributed by atoms with van der Waals surface area (Å²) < 4.78 is 10.3. The molecule has 1 saturated carbocycles. The van der Waals surface area contributed by atoms with Crippen LogP contribution in [0, 0.1) is 11.3 Å². The van der Waals surface area contributed by atoms with Crippen LogP contribution < -0.4 is 10.6 Å². The van der Waals surface area contributed by atoms with E-state index in [1.54, 1.807) is 6.92 Å². The highest BCUT2D eigenvalue weighted by atomic mass is 16.5. The predicted molar refractivity (Wildman–Crippen MR) is 98.6 cm³/mol. The topological polar surface area (TPSA) is 81.9 Å². The van der Waals surface area contributed by atoms with E-state index in [-0.39, 0.29) is 11.9 Å². The summed E-state index contributed by atoms with van der Waals surface area (Å²) in [5.74, 6) is -0.294. The molecule has 2 unspecified atom stereocenters. The van der Waals surface area contributed by atoms with Gasteiger partial charge in [-0.1, -0.05) is 37.5 Å². The number of fused-ring (bicyclic) bond motifs is 1. The van der Waals surface area contributed by atoms with Crippen LogP contribution >= 0.6 is 0 Å². The molecule has 1 aliphatic heterocycles. The number of nitrogens with two attached hydrogens (primary N) is 1. The third-order valence-electron chi connectivity index (χ3n) is 6.28. The maximum absolute atomic E-state index is 13.2. The minimum absolute atomic E-state index is 0.0548. The van der Waals surface area contributed by atoms with Crippen molar-refractivity contribution in [3.63, 3.8) is 0 Å². The Hall–Kier alpha value is -2.08. The van der Waals surface area contributed by atoms with Crippen molar-refractivity contribution >= 4 is 17.7 Å². The number of hydrogen-bond donors (Lipinski definition) is 1. The molecule has 2 atom stereocenters. The van der Waals surface area contributed by atoms with E-state index in [0.29, 0.717) is 12.1 Å². The van der Waals surface area contributed by atoms with Crippen LogP contribution in [-0.2, 0) is 20.7 Å². The van der Waals surface area contributed by atoms with Crippen molar-refractivity contribution in [1.29, 1.82) is 0 Å². The zero-order chi connectivity index (χ0) is 18.9. The Morgan fingerprint density at radius 2 is 1.77 bits per heavy atom. The van der Waals surface area contributed by atoms with Gasteiger partial charge in [-0.15, -0.1) is 0 Å². The van der Waals surface area contributed by atoms with Crippen molar-refractivity contribution in [2.45, 2.75) is 51.1 Å². The lowest BCUT2D eigenvalue weighted by Gasteiger charge is -2.56. The molecule has 6 nitrogen and oxygen atoms in total. The van der Waals surface area contributed by atoms with Gasteiger partial charge in [0.1, 0.15) is 11.1 Å². The van der Waals surface area contributed by atoms with E-state index in [4.69, 9.17) is 15.2 Å². The highest BCUT2D eigenvalue weighted by Gasteiger charge is 2.64. The molecular weight excluding hydrogens is 332 g/mol. The van der Waals surface area contributed by atoms with Gasteiger partial charge in [-0.3, -0.25) is 9.69 Å². The zero-order valence-electron chi connectivity index (χ0n) is 15.8. The highest BCUT2D eigenvalue weighted by molar-refractivity contribution is 5.94. The number of methoxy groups -OCH3 is 2. The van der Waals surface area contributed by atoms with E-state index in [2.05, 4.69) is 0 Å². The fourth-order valence-electron chi connectivity index (χ4n) is 4.97. The van der Waals surface area contributed by atoms with Gasteiger partial charge in [-0.2, -0.15) is 0 Å². The molecule has 1 aromatic rings. The lowest BCUT2D eigenvalue weighted by Crippen LogP contribution is -2.74. The number of carbonyl (C=O) groups excluding carboxylic acids is 2. The molecule has 1 amide bonds. The van der Waals surface area contributed by atoms with E-state index in [9.17, 15) is 9.59 Å². The van der Waals surface area contributed by atoms with Crippen LogP contribution in [0.3, 0.4) is 0 Å². The quantitative estimate of drug-likeness (QED) is 0.819. The molecule has 0 spiro atoms. The number of rotatable bonds is 2. The van der Waals surface area contributed by atoms with E-state index in [1.165, 1.54) is 19.1 Å². The third-order valence-corrected chi connectivity index (χ3v) is 6.28. The number of nitrogens with zero attached hydrogens (tertiary/aromatic N) is 1. The number of carbonyl (C=O) groups is 2. The van der Waals surface area contributed by atoms with Crippen molar-refractivity contribution in [2.24, 2.45) is 17.1 Å². The Balaban J connectivity index is 2.23. The lowest BCUT2D eigenvalue weighted by atomic mass is 9.57. The van der Waals surface area contributed by atoms with Crippen LogP contribution in [0.2, 0.25) is 0 Å². The molecule has 2 aliphatic rings. The summed E-state index contributed by atoms with van der Waals surface area (Å²) in [6.07, 6.45) is 4.97. The second kappa shape index (κ2) is 6.91. The molecule has 1 heterocycles. The van der Waals surface area contributed by atoms with Gasteiger partial charge in [0.15, 0.2) is 0 Å². The van der Waals surface area contributed by atoms with Crippen molar-refractivity contribution in [3.05, 3.63) is 29.8 Å². The second-order valence-corrected chi connectivity index (χ2v) is 7.56. The summed E-state index contributed by atoms with van der Waals surface area (Å²) in [4.78, 5) is 27.3. The molecule has 0 bridgehead atoms. The van der Waals surface area contributed by atoms with Crippen LogP contribution in [0.1, 0.15) is 44.6 Å². The molecule has 0 radical (unpaired) electrons. The van der Waals surface area contributed by atoms with E-state index < -0.39 is 17.2 Å². The average Bonchev–Trinajstić information content (AvgIpc) is 2.66. The lowest BCUT2D eigenvalue weighted by molar-refractivity contribution is -0.164. The van der Waals surface area contributed by atoms with Gasteiger partial charge in [0, 0.05) is 0 Å². The SMILES string of the molecule is COC(=O)N1c2ccccc2CC(C(=O)OC)(C2CCCCC2)C1(C)N. The number of ether oxygens (including phenoxy) is 2. The molecule has 26 heavy (non-hydrogen) atoms. The molecule has 142 valence electrons. The van der Waals surface area contributed by atoms with Gasteiger partial charge in [-0.05, 0) is 43.7 Å². The standard InChI is InChI=1S/C20H28N2O4/c1-19(21)20(17(23)25-2,15-10-5-4-6-11-15)13-14-9-7-8-12-16(14)22(19)18(24)26-3/h7-9,12,15H,4-6,10-11,13,21H2,1-3H3. The molecule has 2 N–H and O–H groups in total. The first-order valence-electron chi connectivity index (χ1n) is 9.23. The number of esters is 1. The van der Waals surface area contributed by atoms with Crippen molar-refractivity contribution in [2.75, 3.05) is 19.1 Å². The molecule has 1 aromatic carbocycles. The highest BCUT2D eigenvalue weighted by Crippen LogP contribution is 2.54. The summed E-state index contributed by atoms with van der Waals surface area (Å²) in [5.41, 5.74) is 6.16. The number of anilines is 1. The average molecular weight is 360 g/mol. The van der Waals surface area contributed by atoms with Gasteiger partial charge in [-0.25, -0.2) is 4.79 Å². The van der Waals surface area contributed by atoms with Gasteiger partial charge in [0.25, 0.3) is 0 Å². The fourth-order valence-corrected chi connectivity index (χ4v) is 4.97. The third kappa shape index (κ3) is 2.58. The van der Waals surface area contributed by atoms with Gasteiger partial charge < -0.3 is 15.2 Å². The van der Waals surface area contributed by atoms with Crippen molar-refractivity contribution < 1.29 is 19.1 Å². The summed E-state index contributed by atoms with van der Waals surface area (Å²) in [5, 5.41) is 0. The molecule has 0 saturated heterocycles. The first-order valence-corrected chi connectivity index (χ1v) is 9.23.